The summed E-state index contributed by atoms with van der Waals surface area (Å²) in [7, 11) is 0. The first-order chi connectivity index (χ1) is 2.89. The summed E-state index contributed by atoms with van der Waals surface area (Å²) in [5.41, 5.74) is 0. The Bertz CT molecular complexity index is 111. The van der Waals surface area contributed by atoms with Crippen molar-refractivity contribution in [2.75, 3.05) is 0 Å². The SMILES string of the molecule is [Se]=C1C=NN=C1. The normalized spacial score (nSPS) is 17.0. The molecule has 0 aliphatic carbocycles. The molecule has 30 valence electrons. The van der Waals surface area contributed by atoms with Gasteiger partial charge in [0.05, 0.1) is 0 Å². The molecule has 1 aliphatic rings. The molecule has 0 amide bonds. The van der Waals surface area contributed by atoms with Crippen molar-refractivity contribution in [3.8, 4) is 0 Å². The molecule has 0 N–H and O–H groups in total. The number of nitrogens with zero attached hydrogens (tertiary/aromatic N) is 2. The summed E-state index contributed by atoms with van der Waals surface area (Å²) in [5.74, 6) is 0. The van der Waals surface area contributed by atoms with Crippen molar-refractivity contribution in [3.63, 3.8) is 0 Å². The van der Waals surface area contributed by atoms with Crippen molar-refractivity contribution in [3.05, 3.63) is 0 Å². The molecule has 0 fully saturated rings. The second-order valence-electron chi connectivity index (χ2n) is 0.892. The van der Waals surface area contributed by atoms with Gasteiger partial charge in [0.25, 0.3) is 0 Å². The van der Waals surface area contributed by atoms with Gasteiger partial charge in [-0.05, 0) is 0 Å². The maximum absolute atomic E-state index is 3.54. The van der Waals surface area contributed by atoms with Crippen LogP contribution in [0.2, 0.25) is 0 Å². The van der Waals surface area contributed by atoms with Gasteiger partial charge in [0.2, 0.25) is 0 Å². The molecular weight excluding hydrogens is 143 g/mol. The first-order valence-electron chi connectivity index (χ1n) is 1.50. The fourth-order valence-electron chi connectivity index (χ4n) is 0.214. The monoisotopic (exact) mass is 146 g/mol. The molecular formula is C3H2N2Se. The molecule has 1 heterocycles. The van der Waals surface area contributed by atoms with Gasteiger partial charge in [-0.15, -0.1) is 0 Å². The predicted molar refractivity (Wildman–Crippen MR) is 27.7 cm³/mol. The van der Waals surface area contributed by atoms with Crippen molar-refractivity contribution >= 4 is 32.4 Å². The summed E-state index contributed by atoms with van der Waals surface area (Å²) in [5, 5.41) is 7.08. The third-order valence-corrected chi connectivity index (χ3v) is 0.879. The van der Waals surface area contributed by atoms with Crippen LogP contribution in [0.15, 0.2) is 10.2 Å². The summed E-state index contributed by atoms with van der Waals surface area (Å²) in [6, 6.07) is 0. The molecule has 0 aromatic rings. The van der Waals surface area contributed by atoms with Crippen LogP contribution in [0.4, 0.5) is 0 Å². The Morgan fingerprint density at radius 2 is 1.83 bits per heavy atom. The minimum absolute atomic E-state index is 0.995. The summed E-state index contributed by atoms with van der Waals surface area (Å²) in [6.07, 6.45) is 3.33. The Labute approximate surface area is 43.3 Å². The second kappa shape index (κ2) is 1.45. The van der Waals surface area contributed by atoms with Crippen molar-refractivity contribution in [1.82, 2.24) is 0 Å². The van der Waals surface area contributed by atoms with Gasteiger partial charge >= 0.3 is 42.6 Å². The molecule has 0 unspecified atom stereocenters. The maximum atomic E-state index is 3.54. The summed E-state index contributed by atoms with van der Waals surface area (Å²) in [6.45, 7) is 0. The van der Waals surface area contributed by atoms with Crippen LogP contribution in [-0.2, 0) is 0 Å². The third-order valence-electron chi connectivity index (χ3n) is 0.437. The molecule has 3 heteroatoms. The molecule has 6 heavy (non-hydrogen) atoms. The van der Waals surface area contributed by atoms with Crippen LogP contribution < -0.4 is 0 Å². The van der Waals surface area contributed by atoms with Crippen LogP contribution in [0.5, 0.6) is 0 Å². The van der Waals surface area contributed by atoms with E-state index in [0.717, 1.165) is 4.42 Å². The molecule has 0 aromatic carbocycles. The zero-order valence-corrected chi connectivity index (χ0v) is 4.67. The van der Waals surface area contributed by atoms with Crippen LogP contribution >= 0.6 is 0 Å². The Hall–Kier alpha value is -0.271. The van der Waals surface area contributed by atoms with Gasteiger partial charge in [-0.25, -0.2) is 0 Å². The van der Waals surface area contributed by atoms with Gasteiger partial charge in [-0.2, -0.15) is 0 Å². The molecule has 0 bridgehead atoms. The first-order valence-corrected chi connectivity index (χ1v) is 2.35. The average molecular weight is 145 g/mol. The van der Waals surface area contributed by atoms with E-state index in [9.17, 15) is 0 Å². The van der Waals surface area contributed by atoms with Gasteiger partial charge in [0.1, 0.15) is 0 Å². The number of rotatable bonds is 0. The molecule has 0 spiro atoms. The fourth-order valence-corrected chi connectivity index (χ4v) is 0.412. The van der Waals surface area contributed by atoms with Gasteiger partial charge in [-0.1, -0.05) is 0 Å². The number of hydrogen-bond donors (Lipinski definition) is 0. The second-order valence-corrected chi connectivity index (χ2v) is 1.88. The molecule has 0 radical (unpaired) electrons. The summed E-state index contributed by atoms with van der Waals surface area (Å²) >= 11 is 2.76. The van der Waals surface area contributed by atoms with E-state index in [4.69, 9.17) is 0 Å². The van der Waals surface area contributed by atoms with Crippen molar-refractivity contribution < 1.29 is 0 Å². The third kappa shape index (κ3) is 0.614. The van der Waals surface area contributed by atoms with E-state index in [-0.39, 0.29) is 0 Å². The van der Waals surface area contributed by atoms with E-state index >= 15 is 0 Å². The fraction of sp³-hybridized carbons (Fsp3) is 0. The quantitative estimate of drug-likeness (QED) is 0.406. The van der Waals surface area contributed by atoms with Crippen LogP contribution in [0.25, 0.3) is 0 Å². The zero-order valence-electron chi connectivity index (χ0n) is 2.96. The standard InChI is InChI=1S/C3H2N2Se/c6-3-1-4-5-2-3/h1-2H. The first kappa shape index (κ1) is 3.90. The van der Waals surface area contributed by atoms with E-state index in [1.807, 2.05) is 0 Å². The van der Waals surface area contributed by atoms with E-state index in [0.29, 0.717) is 0 Å². The van der Waals surface area contributed by atoms with Crippen molar-refractivity contribution in [1.29, 1.82) is 0 Å². The van der Waals surface area contributed by atoms with Crippen LogP contribution in [0.1, 0.15) is 0 Å². The Kier molecular flexibility index (Phi) is 0.945. The van der Waals surface area contributed by atoms with Gasteiger partial charge in [-0.3, -0.25) is 0 Å². The predicted octanol–water partition coefficient (Wildman–Crippen LogP) is -0.603. The Morgan fingerprint density at radius 3 is 2.00 bits per heavy atom. The topological polar surface area (TPSA) is 24.7 Å². The van der Waals surface area contributed by atoms with Crippen molar-refractivity contribution in [2.45, 2.75) is 0 Å². The van der Waals surface area contributed by atoms with Crippen LogP contribution in [0.3, 0.4) is 0 Å². The van der Waals surface area contributed by atoms with Gasteiger partial charge in [0, 0.05) is 0 Å². The van der Waals surface area contributed by atoms with E-state index in [1.165, 1.54) is 0 Å². The number of hydrogen-bond acceptors (Lipinski definition) is 2. The van der Waals surface area contributed by atoms with E-state index in [2.05, 4.69) is 25.8 Å². The molecule has 0 atom stereocenters. The summed E-state index contributed by atoms with van der Waals surface area (Å²) in [4.78, 5) is 0. The molecule has 0 saturated heterocycles. The molecule has 0 saturated carbocycles. The van der Waals surface area contributed by atoms with Gasteiger partial charge in [0.15, 0.2) is 0 Å². The molecule has 1 rings (SSSR count). The van der Waals surface area contributed by atoms with E-state index in [1.54, 1.807) is 12.4 Å². The molecule has 2 nitrogen and oxygen atoms in total. The summed E-state index contributed by atoms with van der Waals surface area (Å²) < 4.78 is 0.995. The van der Waals surface area contributed by atoms with Crippen molar-refractivity contribution in [2.24, 2.45) is 10.2 Å². The minimum atomic E-state index is 0.995. The Balaban J connectivity index is 2.86. The van der Waals surface area contributed by atoms with E-state index < -0.39 is 0 Å². The molecule has 1 aliphatic heterocycles. The van der Waals surface area contributed by atoms with Crippen LogP contribution in [0, 0.1) is 0 Å². The zero-order chi connectivity index (χ0) is 4.41. The van der Waals surface area contributed by atoms with Gasteiger partial charge < -0.3 is 0 Å². The van der Waals surface area contributed by atoms with Crippen LogP contribution in [-0.4, -0.2) is 32.4 Å². The Morgan fingerprint density at radius 1 is 1.33 bits per heavy atom. The average Bonchev–Trinajstić information content (AvgIpc) is 1.86. The molecule has 0 aromatic heterocycles.